The summed E-state index contributed by atoms with van der Waals surface area (Å²) in [6.07, 6.45) is 7.44. The number of unbranched alkanes of at least 4 members (excludes halogenated alkanes) is 3. The van der Waals surface area contributed by atoms with Crippen molar-refractivity contribution >= 4 is 12.4 Å². The molecule has 0 fully saturated rings. The highest BCUT2D eigenvalue weighted by molar-refractivity contribution is 5.85. The van der Waals surface area contributed by atoms with Crippen molar-refractivity contribution < 1.29 is 0 Å². The maximum Gasteiger partial charge on any atom is 0.0359 e. The molecule has 88 valence electrons. The van der Waals surface area contributed by atoms with E-state index in [1.165, 1.54) is 31.4 Å². The van der Waals surface area contributed by atoms with E-state index in [-0.39, 0.29) is 12.4 Å². The molecule has 0 aliphatic carbocycles. The Labute approximate surface area is 99.5 Å². The maximum absolute atomic E-state index is 3.47. The van der Waals surface area contributed by atoms with Crippen LogP contribution in [0.2, 0.25) is 0 Å². The van der Waals surface area contributed by atoms with Crippen molar-refractivity contribution in [2.75, 3.05) is 6.54 Å². The van der Waals surface area contributed by atoms with Crippen LogP contribution in [0.3, 0.4) is 0 Å². The van der Waals surface area contributed by atoms with Gasteiger partial charge in [-0.25, -0.2) is 0 Å². The van der Waals surface area contributed by atoms with E-state index >= 15 is 0 Å². The van der Waals surface area contributed by atoms with Crippen LogP contribution in [0.4, 0.5) is 0 Å². The van der Waals surface area contributed by atoms with Crippen LogP contribution in [0.25, 0.3) is 0 Å². The zero-order chi connectivity index (χ0) is 10.2. The summed E-state index contributed by atoms with van der Waals surface area (Å²) in [7, 11) is 2.09. The molecule has 0 amide bonds. The Morgan fingerprint density at radius 2 is 2.07 bits per heavy atom. The Balaban J connectivity index is 0.00000196. The first-order chi connectivity index (χ1) is 6.84. The van der Waals surface area contributed by atoms with Crippen molar-refractivity contribution in [1.82, 2.24) is 9.88 Å². The number of nitrogens with one attached hydrogen (secondary N) is 1. The van der Waals surface area contributed by atoms with Gasteiger partial charge in [-0.05, 0) is 25.1 Å². The number of nitrogens with zero attached hydrogens (tertiary/aromatic N) is 1. The van der Waals surface area contributed by atoms with Gasteiger partial charge in [0.25, 0.3) is 0 Å². The van der Waals surface area contributed by atoms with Crippen molar-refractivity contribution in [1.29, 1.82) is 0 Å². The van der Waals surface area contributed by atoms with Gasteiger partial charge in [0.05, 0.1) is 0 Å². The van der Waals surface area contributed by atoms with Gasteiger partial charge in [-0.2, -0.15) is 0 Å². The number of aromatic nitrogens is 1. The summed E-state index contributed by atoms with van der Waals surface area (Å²) in [5.41, 5.74) is 1.36. The Morgan fingerprint density at radius 3 is 2.67 bits per heavy atom. The van der Waals surface area contributed by atoms with E-state index in [0.29, 0.717) is 0 Å². The van der Waals surface area contributed by atoms with Gasteiger partial charge in [-0.1, -0.05) is 26.2 Å². The molecule has 0 saturated carbocycles. The molecular formula is C12H23ClN2. The lowest BCUT2D eigenvalue weighted by Crippen LogP contribution is -2.16. The lowest BCUT2D eigenvalue weighted by atomic mass is 10.2. The monoisotopic (exact) mass is 230 g/mol. The highest BCUT2D eigenvalue weighted by Crippen LogP contribution is 2.00. The summed E-state index contributed by atoms with van der Waals surface area (Å²) >= 11 is 0. The third-order valence-corrected chi connectivity index (χ3v) is 2.56. The van der Waals surface area contributed by atoms with E-state index in [1.54, 1.807) is 0 Å². The zero-order valence-electron chi connectivity index (χ0n) is 9.83. The van der Waals surface area contributed by atoms with Gasteiger partial charge < -0.3 is 9.88 Å². The smallest absolute Gasteiger partial charge is 0.0359 e. The minimum absolute atomic E-state index is 0. The summed E-state index contributed by atoms with van der Waals surface area (Å²) in [6.45, 7) is 4.39. The topological polar surface area (TPSA) is 17.0 Å². The molecule has 1 N–H and O–H groups in total. The van der Waals surface area contributed by atoms with Crippen molar-refractivity contribution in [2.45, 2.75) is 39.2 Å². The first-order valence-electron chi connectivity index (χ1n) is 5.65. The molecule has 0 spiro atoms. The Kier molecular flexibility index (Phi) is 8.53. The molecular weight excluding hydrogens is 208 g/mol. The average Bonchev–Trinajstić information content (AvgIpc) is 2.58. The first kappa shape index (κ1) is 14.5. The molecule has 2 nitrogen and oxygen atoms in total. The minimum atomic E-state index is 0. The van der Waals surface area contributed by atoms with Gasteiger partial charge >= 0.3 is 0 Å². The standard InChI is InChI=1S/C12H22N2.ClH/c1-3-4-5-6-9-13-11-12-8-7-10-14(12)2;/h7-8,10,13H,3-6,9,11H2,1-2H3;1H. The van der Waals surface area contributed by atoms with Crippen molar-refractivity contribution in [3.63, 3.8) is 0 Å². The molecule has 0 radical (unpaired) electrons. The van der Waals surface area contributed by atoms with Gasteiger partial charge in [-0.3, -0.25) is 0 Å². The normalized spacial score (nSPS) is 10.0. The highest BCUT2D eigenvalue weighted by atomic mass is 35.5. The van der Waals surface area contributed by atoms with Gasteiger partial charge in [0, 0.05) is 25.5 Å². The summed E-state index contributed by atoms with van der Waals surface area (Å²) in [5, 5.41) is 3.47. The number of rotatable bonds is 7. The molecule has 0 atom stereocenters. The van der Waals surface area contributed by atoms with Crippen LogP contribution in [0.1, 0.15) is 38.3 Å². The molecule has 0 aromatic carbocycles. The van der Waals surface area contributed by atoms with Crippen LogP contribution >= 0.6 is 12.4 Å². The molecule has 0 aliphatic rings. The summed E-state index contributed by atoms with van der Waals surface area (Å²) < 4.78 is 2.17. The van der Waals surface area contributed by atoms with Crippen molar-refractivity contribution in [2.24, 2.45) is 7.05 Å². The highest BCUT2D eigenvalue weighted by Gasteiger charge is 1.95. The van der Waals surface area contributed by atoms with Gasteiger partial charge in [0.1, 0.15) is 0 Å². The minimum Gasteiger partial charge on any atom is -0.353 e. The molecule has 0 saturated heterocycles. The fourth-order valence-corrected chi connectivity index (χ4v) is 1.57. The molecule has 1 aromatic heterocycles. The number of halogens is 1. The van der Waals surface area contributed by atoms with E-state index in [4.69, 9.17) is 0 Å². The molecule has 15 heavy (non-hydrogen) atoms. The fraction of sp³-hybridized carbons (Fsp3) is 0.667. The van der Waals surface area contributed by atoms with E-state index in [0.717, 1.165) is 13.1 Å². The molecule has 1 aromatic rings. The van der Waals surface area contributed by atoms with Crippen molar-refractivity contribution in [3.8, 4) is 0 Å². The molecule has 3 heteroatoms. The van der Waals surface area contributed by atoms with E-state index in [2.05, 4.69) is 42.2 Å². The number of hydrogen-bond acceptors (Lipinski definition) is 1. The molecule has 0 unspecified atom stereocenters. The second-order valence-corrected chi connectivity index (χ2v) is 3.85. The number of hydrogen-bond donors (Lipinski definition) is 1. The Morgan fingerprint density at radius 1 is 1.27 bits per heavy atom. The summed E-state index contributed by atoms with van der Waals surface area (Å²) in [4.78, 5) is 0. The average molecular weight is 231 g/mol. The Bertz CT molecular complexity index is 246. The zero-order valence-corrected chi connectivity index (χ0v) is 10.6. The third kappa shape index (κ3) is 5.85. The van der Waals surface area contributed by atoms with E-state index < -0.39 is 0 Å². The summed E-state index contributed by atoms with van der Waals surface area (Å²) in [5.74, 6) is 0. The molecule has 0 aliphatic heterocycles. The maximum atomic E-state index is 3.47. The van der Waals surface area contributed by atoms with E-state index in [9.17, 15) is 0 Å². The third-order valence-electron chi connectivity index (χ3n) is 2.56. The van der Waals surface area contributed by atoms with Gasteiger partial charge in [-0.15, -0.1) is 12.4 Å². The van der Waals surface area contributed by atoms with Gasteiger partial charge in [0.2, 0.25) is 0 Å². The molecule has 0 bridgehead atoms. The van der Waals surface area contributed by atoms with Crippen molar-refractivity contribution in [3.05, 3.63) is 24.0 Å². The Hall–Kier alpha value is -0.470. The second-order valence-electron chi connectivity index (χ2n) is 3.85. The van der Waals surface area contributed by atoms with Gasteiger partial charge in [0.15, 0.2) is 0 Å². The van der Waals surface area contributed by atoms with Crippen LogP contribution in [-0.4, -0.2) is 11.1 Å². The predicted octanol–water partition coefficient (Wildman–Crippen LogP) is 3.12. The number of aryl methyl sites for hydroxylation is 1. The fourth-order valence-electron chi connectivity index (χ4n) is 1.57. The lowest BCUT2D eigenvalue weighted by molar-refractivity contribution is 0.586. The van der Waals surface area contributed by atoms with Crippen LogP contribution in [-0.2, 0) is 13.6 Å². The second kappa shape index (κ2) is 8.81. The van der Waals surface area contributed by atoms with E-state index in [1.807, 2.05) is 0 Å². The van der Waals surface area contributed by atoms with Crippen LogP contribution in [0.15, 0.2) is 18.3 Å². The lowest BCUT2D eigenvalue weighted by Gasteiger charge is -2.05. The quantitative estimate of drug-likeness (QED) is 0.713. The van der Waals surface area contributed by atoms with Crippen LogP contribution in [0.5, 0.6) is 0 Å². The SMILES string of the molecule is CCCCCCNCc1cccn1C.Cl. The largest absolute Gasteiger partial charge is 0.353 e. The molecule has 1 rings (SSSR count). The van der Waals surface area contributed by atoms with Crippen LogP contribution < -0.4 is 5.32 Å². The first-order valence-corrected chi connectivity index (χ1v) is 5.65. The summed E-state index contributed by atoms with van der Waals surface area (Å²) in [6, 6.07) is 4.26. The molecule has 1 heterocycles. The predicted molar refractivity (Wildman–Crippen MR) is 68.5 cm³/mol. The van der Waals surface area contributed by atoms with Crippen LogP contribution in [0, 0.1) is 0 Å².